The summed E-state index contributed by atoms with van der Waals surface area (Å²) in [4.78, 5) is 23.7. The molecule has 1 aromatic carbocycles. The van der Waals surface area contributed by atoms with Crippen molar-refractivity contribution in [2.24, 2.45) is 5.73 Å². The second-order valence-electron chi connectivity index (χ2n) is 5.20. The number of nitrogens with zero attached hydrogens (tertiary/aromatic N) is 1. The molecule has 0 saturated heterocycles. The zero-order chi connectivity index (χ0) is 14.7. The van der Waals surface area contributed by atoms with E-state index in [0.29, 0.717) is 12.8 Å². The van der Waals surface area contributed by atoms with Crippen LogP contribution in [-0.2, 0) is 16.0 Å². The standard InChI is InChI=1S/C15H20N2O3/c1-10(18)17-8-7-12-9-11(5-6-14(12)17)13(16)3-2-4-15(19)20/h5-6,9,13H,2-4,7-8,16H2,1H3,(H,19,20). The van der Waals surface area contributed by atoms with Gasteiger partial charge in [-0.05, 0) is 36.5 Å². The third-order valence-corrected chi connectivity index (χ3v) is 3.71. The second-order valence-corrected chi connectivity index (χ2v) is 5.20. The first-order valence-electron chi connectivity index (χ1n) is 6.87. The Morgan fingerprint density at radius 2 is 2.20 bits per heavy atom. The molecule has 1 amide bonds. The van der Waals surface area contributed by atoms with Gasteiger partial charge in [-0.25, -0.2) is 0 Å². The number of carboxylic acids is 1. The van der Waals surface area contributed by atoms with Crippen LogP contribution in [0.3, 0.4) is 0 Å². The molecule has 5 heteroatoms. The molecule has 1 aromatic rings. The van der Waals surface area contributed by atoms with Crippen molar-refractivity contribution in [3.05, 3.63) is 29.3 Å². The van der Waals surface area contributed by atoms with Crippen LogP contribution in [0, 0.1) is 0 Å². The van der Waals surface area contributed by atoms with Crippen molar-refractivity contribution in [3.63, 3.8) is 0 Å². The van der Waals surface area contributed by atoms with Crippen molar-refractivity contribution >= 4 is 17.6 Å². The summed E-state index contributed by atoms with van der Waals surface area (Å²) in [5.41, 5.74) is 9.23. The monoisotopic (exact) mass is 276 g/mol. The van der Waals surface area contributed by atoms with Gasteiger partial charge in [-0.1, -0.05) is 12.1 Å². The average Bonchev–Trinajstić information content (AvgIpc) is 2.80. The van der Waals surface area contributed by atoms with Crippen LogP contribution in [0.2, 0.25) is 0 Å². The van der Waals surface area contributed by atoms with E-state index in [0.717, 1.165) is 29.8 Å². The van der Waals surface area contributed by atoms with Crippen LogP contribution < -0.4 is 10.6 Å². The van der Waals surface area contributed by atoms with E-state index in [-0.39, 0.29) is 18.4 Å². The smallest absolute Gasteiger partial charge is 0.303 e. The highest BCUT2D eigenvalue weighted by molar-refractivity contribution is 5.93. The number of benzene rings is 1. The van der Waals surface area contributed by atoms with E-state index < -0.39 is 5.97 Å². The number of anilines is 1. The van der Waals surface area contributed by atoms with E-state index >= 15 is 0 Å². The van der Waals surface area contributed by atoms with Crippen molar-refractivity contribution in [1.29, 1.82) is 0 Å². The highest BCUT2D eigenvalue weighted by atomic mass is 16.4. The number of carbonyl (C=O) groups is 2. The van der Waals surface area contributed by atoms with Crippen LogP contribution in [0.15, 0.2) is 18.2 Å². The van der Waals surface area contributed by atoms with E-state index in [4.69, 9.17) is 10.8 Å². The fourth-order valence-electron chi connectivity index (χ4n) is 2.62. The number of hydrogen-bond donors (Lipinski definition) is 2. The summed E-state index contributed by atoms with van der Waals surface area (Å²) in [6.45, 7) is 2.29. The maximum absolute atomic E-state index is 11.5. The Morgan fingerprint density at radius 3 is 2.85 bits per heavy atom. The molecule has 1 heterocycles. The topological polar surface area (TPSA) is 83.6 Å². The van der Waals surface area contributed by atoms with Crippen LogP contribution in [0.1, 0.15) is 43.4 Å². The number of carbonyl (C=O) groups excluding carboxylic acids is 1. The van der Waals surface area contributed by atoms with Crippen LogP contribution in [0.5, 0.6) is 0 Å². The predicted octanol–water partition coefficient (Wildman–Crippen LogP) is 1.85. The molecule has 0 saturated carbocycles. The van der Waals surface area contributed by atoms with Gasteiger partial charge in [0.25, 0.3) is 0 Å². The minimum Gasteiger partial charge on any atom is -0.481 e. The number of hydrogen-bond acceptors (Lipinski definition) is 3. The molecule has 0 bridgehead atoms. The van der Waals surface area contributed by atoms with Crippen LogP contribution >= 0.6 is 0 Å². The van der Waals surface area contributed by atoms with Gasteiger partial charge in [0.05, 0.1) is 0 Å². The lowest BCUT2D eigenvalue weighted by atomic mass is 9.99. The lowest BCUT2D eigenvalue weighted by molar-refractivity contribution is -0.137. The van der Waals surface area contributed by atoms with E-state index in [1.807, 2.05) is 18.2 Å². The van der Waals surface area contributed by atoms with Gasteiger partial charge in [-0.3, -0.25) is 9.59 Å². The molecular weight excluding hydrogens is 256 g/mol. The molecule has 2 rings (SSSR count). The lowest BCUT2D eigenvalue weighted by Crippen LogP contribution is -2.25. The van der Waals surface area contributed by atoms with Crippen LogP contribution in [0.25, 0.3) is 0 Å². The molecule has 0 spiro atoms. The molecule has 0 aromatic heterocycles. The number of rotatable bonds is 5. The normalized spacial score (nSPS) is 15.0. The van der Waals surface area contributed by atoms with E-state index in [1.165, 1.54) is 0 Å². The van der Waals surface area contributed by atoms with Gasteiger partial charge in [0.1, 0.15) is 0 Å². The van der Waals surface area contributed by atoms with Gasteiger partial charge in [0.15, 0.2) is 0 Å². The third-order valence-electron chi connectivity index (χ3n) is 3.71. The minimum absolute atomic E-state index is 0.0576. The van der Waals surface area contributed by atoms with Crippen molar-refractivity contribution in [2.75, 3.05) is 11.4 Å². The number of nitrogens with two attached hydrogens (primary N) is 1. The molecule has 3 N–H and O–H groups in total. The highest BCUT2D eigenvalue weighted by Gasteiger charge is 2.22. The zero-order valence-corrected chi connectivity index (χ0v) is 11.6. The van der Waals surface area contributed by atoms with Gasteiger partial charge >= 0.3 is 5.97 Å². The molecule has 1 unspecified atom stereocenters. The van der Waals surface area contributed by atoms with Gasteiger partial charge in [-0.2, -0.15) is 0 Å². The SMILES string of the molecule is CC(=O)N1CCc2cc(C(N)CCCC(=O)O)ccc21. The summed E-state index contributed by atoms with van der Waals surface area (Å²) < 4.78 is 0. The lowest BCUT2D eigenvalue weighted by Gasteiger charge is -2.16. The molecule has 20 heavy (non-hydrogen) atoms. The number of amides is 1. The van der Waals surface area contributed by atoms with Gasteiger partial charge in [-0.15, -0.1) is 0 Å². The van der Waals surface area contributed by atoms with Gasteiger partial charge in [0, 0.05) is 31.6 Å². The Balaban J connectivity index is 2.04. The molecule has 0 aliphatic carbocycles. The molecule has 1 atom stereocenters. The average molecular weight is 276 g/mol. The molecule has 108 valence electrons. The van der Waals surface area contributed by atoms with Crippen molar-refractivity contribution < 1.29 is 14.7 Å². The molecule has 0 radical (unpaired) electrons. The summed E-state index contributed by atoms with van der Waals surface area (Å²) >= 11 is 0. The Kier molecular flexibility index (Phi) is 4.39. The van der Waals surface area contributed by atoms with Crippen molar-refractivity contribution in [1.82, 2.24) is 0 Å². The summed E-state index contributed by atoms with van der Waals surface area (Å²) in [5, 5.41) is 8.63. The minimum atomic E-state index is -0.789. The van der Waals surface area contributed by atoms with Crippen molar-refractivity contribution in [2.45, 2.75) is 38.6 Å². The van der Waals surface area contributed by atoms with Crippen molar-refractivity contribution in [3.8, 4) is 0 Å². The predicted molar refractivity (Wildman–Crippen MR) is 76.6 cm³/mol. The number of carboxylic acid groups (broad SMARTS) is 1. The largest absolute Gasteiger partial charge is 0.481 e. The number of aliphatic carboxylic acids is 1. The second kappa shape index (κ2) is 6.05. The first-order valence-corrected chi connectivity index (χ1v) is 6.87. The van der Waals surface area contributed by atoms with E-state index in [9.17, 15) is 9.59 Å². The summed E-state index contributed by atoms with van der Waals surface area (Å²) in [6, 6.07) is 5.77. The van der Waals surface area contributed by atoms with E-state index in [2.05, 4.69) is 0 Å². The highest BCUT2D eigenvalue weighted by Crippen LogP contribution is 2.31. The Labute approximate surface area is 118 Å². The summed E-state index contributed by atoms with van der Waals surface area (Å²) in [6.07, 6.45) is 2.23. The Hall–Kier alpha value is -1.88. The number of fused-ring (bicyclic) bond motifs is 1. The first kappa shape index (κ1) is 14.5. The third kappa shape index (κ3) is 3.17. The quantitative estimate of drug-likeness (QED) is 0.859. The molecule has 1 aliphatic rings. The summed E-state index contributed by atoms with van der Waals surface area (Å²) in [5.74, 6) is -0.731. The Morgan fingerprint density at radius 1 is 1.45 bits per heavy atom. The van der Waals surface area contributed by atoms with Gasteiger partial charge < -0.3 is 15.7 Å². The van der Waals surface area contributed by atoms with E-state index in [1.54, 1.807) is 11.8 Å². The maximum atomic E-state index is 11.5. The molecular formula is C15H20N2O3. The molecule has 5 nitrogen and oxygen atoms in total. The molecule has 1 aliphatic heterocycles. The Bertz CT molecular complexity index is 528. The fraction of sp³-hybridized carbons (Fsp3) is 0.467. The fourth-order valence-corrected chi connectivity index (χ4v) is 2.62. The maximum Gasteiger partial charge on any atom is 0.303 e. The van der Waals surface area contributed by atoms with Gasteiger partial charge in [0.2, 0.25) is 5.91 Å². The van der Waals surface area contributed by atoms with Crippen LogP contribution in [0.4, 0.5) is 5.69 Å². The molecule has 0 fully saturated rings. The first-order chi connectivity index (χ1) is 9.49. The van der Waals surface area contributed by atoms with Crippen LogP contribution in [-0.4, -0.2) is 23.5 Å². The zero-order valence-electron chi connectivity index (χ0n) is 11.6. The summed E-state index contributed by atoms with van der Waals surface area (Å²) in [7, 11) is 0.